The highest BCUT2D eigenvalue weighted by Gasteiger charge is 2.63. The van der Waals surface area contributed by atoms with Crippen molar-refractivity contribution in [3.05, 3.63) is 17.0 Å². The Morgan fingerprint density at radius 1 is 1.46 bits per heavy atom. The van der Waals surface area contributed by atoms with Gasteiger partial charge >= 0.3 is 0 Å². The van der Waals surface area contributed by atoms with E-state index in [-0.39, 0.29) is 11.5 Å². The summed E-state index contributed by atoms with van der Waals surface area (Å²) in [5.41, 5.74) is 2.75. The molecule has 5 rings (SSSR count). The Morgan fingerprint density at radius 2 is 2.31 bits per heavy atom. The third kappa shape index (κ3) is 2.37. The number of hydrogen-bond donors (Lipinski definition) is 1. The molecule has 3 fully saturated rings. The molecule has 4 atom stereocenters. The number of carbonyl (C=O) groups excluding carboxylic acids is 1. The number of amides is 1. The molecule has 0 radical (unpaired) electrons. The van der Waals surface area contributed by atoms with E-state index in [9.17, 15) is 4.79 Å². The summed E-state index contributed by atoms with van der Waals surface area (Å²) in [6, 6.07) is 0. The van der Waals surface area contributed by atoms with Crippen LogP contribution in [0.15, 0.2) is 0 Å². The van der Waals surface area contributed by atoms with Gasteiger partial charge in [-0.15, -0.1) is 0 Å². The normalized spacial score (nSPS) is 36.0. The predicted molar refractivity (Wildman–Crippen MR) is 96.9 cm³/mol. The first-order valence-electron chi connectivity index (χ1n) is 9.83. The van der Waals surface area contributed by atoms with Crippen molar-refractivity contribution >= 4 is 5.91 Å². The lowest BCUT2D eigenvalue weighted by atomic mass is 9.73. The summed E-state index contributed by atoms with van der Waals surface area (Å²) in [6.45, 7) is 4.40. The maximum absolute atomic E-state index is 13.3. The molecule has 0 aromatic carbocycles. The summed E-state index contributed by atoms with van der Waals surface area (Å²) < 4.78 is 6.47. The highest BCUT2D eigenvalue weighted by Crippen LogP contribution is 2.55. The predicted octanol–water partition coefficient (Wildman–Crippen LogP) is 0.579. The van der Waals surface area contributed by atoms with Gasteiger partial charge in [-0.25, -0.2) is 0 Å². The third-order valence-electron chi connectivity index (χ3n) is 6.97. The van der Waals surface area contributed by atoms with Crippen molar-refractivity contribution in [1.29, 1.82) is 0 Å². The van der Waals surface area contributed by atoms with Gasteiger partial charge in [0.2, 0.25) is 0 Å². The Balaban J connectivity index is 1.38. The average Bonchev–Trinajstić information content (AvgIpc) is 3.33. The van der Waals surface area contributed by atoms with E-state index in [2.05, 4.69) is 41.1 Å². The highest BCUT2D eigenvalue weighted by atomic mass is 16.5. The minimum atomic E-state index is -0.103. The van der Waals surface area contributed by atoms with Crippen molar-refractivity contribution in [1.82, 2.24) is 24.9 Å². The van der Waals surface area contributed by atoms with Crippen LogP contribution < -0.4 is 0 Å². The smallest absolute Gasteiger partial charge is 0.274 e. The van der Waals surface area contributed by atoms with Crippen molar-refractivity contribution in [3.63, 3.8) is 0 Å². The van der Waals surface area contributed by atoms with Crippen molar-refractivity contribution in [2.75, 3.05) is 47.3 Å². The molecule has 4 aliphatic rings. The van der Waals surface area contributed by atoms with E-state index in [1.807, 2.05) is 4.90 Å². The summed E-state index contributed by atoms with van der Waals surface area (Å²) in [6.07, 6.45) is 3.55. The molecular formula is C19H29N5O2. The first-order chi connectivity index (χ1) is 12.5. The minimum absolute atomic E-state index is 0.0808. The van der Waals surface area contributed by atoms with Crippen molar-refractivity contribution in [2.24, 2.45) is 11.8 Å². The lowest BCUT2D eigenvalue weighted by Gasteiger charge is -2.30. The van der Waals surface area contributed by atoms with Gasteiger partial charge in [0.15, 0.2) is 5.69 Å². The van der Waals surface area contributed by atoms with Crippen LogP contribution >= 0.6 is 0 Å². The third-order valence-corrected chi connectivity index (χ3v) is 6.97. The van der Waals surface area contributed by atoms with E-state index in [0.29, 0.717) is 23.6 Å². The number of H-pyrrole nitrogens is 1. The zero-order chi connectivity index (χ0) is 18.1. The zero-order valence-electron chi connectivity index (χ0n) is 16.0. The van der Waals surface area contributed by atoms with Crippen LogP contribution in [0.4, 0.5) is 0 Å². The maximum Gasteiger partial charge on any atom is 0.274 e. The van der Waals surface area contributed by atoms with Crippen molar-refractivity contribution < 1.29 is 9.53 Å². The number of rotatable bonds is 3. The Morgan fingerprint density at radius 3 is 3.12 bits per heavy atom. The second kappa shape index (κ2) is 5.78. The summed E-state index contributed by atoms with van der Waals surface area (Å²) in [5.74, 6) is 1.08. The van der Waals surface area contributed by atoms with Crippen LogP contribution in [0.5, 0.6) is 0 Å². The number of ether oxygens (including phenoxy) is 1. The number of likely N-dealkylation sites (N-methyl/N-ethyl adjacent to an activating group) is 1. The molecule has 1 N–H and O–H groups in total. The van der Waals surface area contributed by atoms with Gasteiger partial charge in [-0.05, 0) is 34.0 Å². The number of carbonyl (C=O) groups is 1. The molecule has 7 nitrogen and oxygen atoms in total. The van der Waals surface area contributed by atoms with E-state index in [1.54, 1.807) is 0 Å². The van der Waals surface area contributed by atoms with Crippen LogP contribution in [0, 0.1) is 11.8 Å². The van der Waals surface area contributed by atoms with Crippen LogP contribution in [0.3, 0.4) is 0 Å². The molecule has 1 spiro atoms. The molecule has 1 aromatic heterocycles. The molecule has 5 heterocycles. The molecule has 4 aliphatic heterocycles. The van der Waals surface area contributed by atoms with E-state index < -0.39 is 0 Å². The van der Waals surface area contributed by atoms with Gasteiger partial charge in [0.25, 0.3) is 5.91 Å². The Labute approximate surface area is 154 Å². The number of nitrogens with one attached hydrogen (secondary N) is 1. The van der Waals surface area contributed by atoms with Gasteiger partial charge in [0.1, 0.15) is 0 Å². The average molecular weight is 359 g/mol. The molecule has 7 heteroatoms. The molecule has 2 bridgehead atoms. The SMILES string of the molecule is CN(C)C[C@H]1[C@@H]2CC[C@@]3(CN(C(=O)c4n[nH]c5c4CN(C)CC5)C[C@@H]13)O2. The molecule has 3 saturated heterocycles. The second-order valence-electron chi connectivity index (χ2n) is 9.00. The van der Waals surface area contributed by atoms with Gasteiger partial charge < -0.3 is 19.4 Å². The fraction of sp³-hybridized carbons (Fsp3) is 0.789. The maximum atomic E-state index is 13.3. The number of likely N-dealkylation sites (tertiary alicyclic amines) is 1. The first-order valence-corrected chi connectivity index (χ1v) is 9.83. The highest BCUT2D eigenvalue weighted by molar-refractivity contribution is 5.94. The summed E-state index contributed by atoms with van der Waals surface area (Å²) in [5, 5.41) is 7.51. The van der Waals surface area contributed by atoms with Gasteiger partial charge in [-0.1, -0.05) is 0 Å². The van der Waals surface area contributed by atoms with E-state index in [1.165, 1.54) is 0 Å². The summed E-state index contributed by atoms with van der Waals surface area (Å²) in [7, 11) is 6.36. The zero-order valence-corrected chi connectivity index (χ0v) is 16.0. The van der Waals surface area contributed by atoms with Crippen LogP contribution in [-0.4, -0.2) is 89.8 Å². The Hall–Kier alpha value is -1.44. The number of nitrogens with zero attached hydrogens (tertiary/aromatic N) is 4. The fourth-order valence-electron chi connectivity index (χ4n) is 5.77. The van der Waals surface area contributed by atoms with Gasteiger partial charge in [0.05, 0.1) is 18.2 Å². The molecule has 1 aromatic rings. The van der Waals surface area contributed by atoms with E-state index in [4.69, 9.17) is 4.74 Å². The molecule has 0 saturated carbocycles. The number of hydrogen-bond acceptors (Lipinski definition) is 5. The number of aromatic amines is 1. The molecule has 26 heavy (non-hydrogen) atoms. The lowest BCUT2D eigenvalue weighted by molar-refractivity contribution is 0.00248. The van der Waals surface area contributed by atoms with Crippen LogP contribution in [0.25, 0.3) is 0 Å². The first kappa shape index (κ1) is 16.7. The molecule has 142 valence electrons. The van der Waals surface area contributed by atoms with Gasteiger partial charge in [-0.2, -0.15) is 5.10 Å². The van der Waals surface area contributed by atoms with Crippen LogP contribution in [0.1, 0.15) is 34.6 Å². The quantitative estimate of drug-likeness (QED) is 0.855. The monoisotopic (exact) mass is 359 g/mol. The van der Waals surface area contributed by atoms with Crippen LogP contribution in [-0.2, 0) is 17.7 Å². The largest absolute Gasteiger partial charge is 0.369 e. The number of aromatic nitrogens is 2. The molecule has 1 amide bonds. The van der Waals surface area contributed by atoms with E-state index >= 15 is 0 Å². The lowest BCUT2D eigenvalue weighted by Crippen LogP contribution is -2.40. The van der Waals surface area contributed by atoms with E-state index in [0.717, 1.165) is 63.2 Å². The minimum Gasteiger partial charge on any atom is -0.369 e. The summed E-state index contributed by atoms with van der Waals surface area (Å²) >= 11 is 0. The standard InChI is InChI=1S/C19H29N5O2/c1-22(2)8-12-14-10-24(11-19(14)6-4-16(12)26-19)18(25)17-13-9-23(3)7-5-15(13)20-21-17/h12,14,16H,4-11H2,1-3H3,(H,20,21)/t12-,14+,16+,19+/m1/s1. The topological polar surface area (TPSA) is 64.7 Å². The van der Waals surface area contributed by atoms with Crippen molar-refractivity contribution in [3.8, 4) is 0 Å². The van der Waals surface area contributed by atoms with Gasteiger partial charge in [-0.3, -0.25) is 9.89 Å². The summed E-state index contributed by atoms with van der Waals surface area (Å²) in [4.78, 5) is 19.8. The van der Waals surface area contributed by atoms with Gasteiger partial charge in [0, 0.05) is 55.7 Å². The Bertz CT molecular complexity index is 732. The molecule has 0 unspecified atom stereocenters. The molecular weight excluding hydrogens is 330 g/mol. The fourth-order valence-corrected chi connectivity index (χ4v) is 5.77. The number of fused-ring (bicyclic) bond motifs is 2. The Kier molecular flexibility index (Phi) is 3.71. The second-order valence-corrected chi connectivity index (χ2v) is 9.00. The van der Waals surface area contributed by atoms with Crippen molar-refractivity contribution in [2.45, 2.75) is 37.5 Å². The molecule has 0 aliphatic carbocycles. The van der Waals surface area contributed by atoms with Crippen LogP contribution in [0.2, 0.25) is 0 Å².